The Morgan fingerprint density at radius 3 is 2.81 bits per heavy atom. The van der Waals surface area contributed by atoms with Crippen LogP contribution in [0.15, 0.2) is 45.6 Å². The van der Waals surface area contributed by atoms with Crippen LogP contribution >= 0.6 is 0 Å². The fourth-order valence-electron chi connectivity index (χ4n) is 3.48. The summed E-state index contributed by atoms with van der Waals surface area (Å²) in [6, 6.07) is 9.33. The number of rotatable bonds is 3. The number of para-hydroxylation sites is 1. The van der Waals surface area contributed by atoms with Gasteiger partial charge < -0.3 is 15.1 Å². The van der Waals surface area contributed by atoms with Crippen LogP contribution in [0.3, 0.4) is 0 Å². The summed E-state index contributed by atoms with van der Waals surface area (Å²) in [7, 11) is 0. The molecule has 1 aliphatic rings. The lowest BCUT2D eigenvalue weighted by molar-refractivity contribution is 0.0574. The Labute approximate surface area is 154 Å². The van der Waals surface area contributed by atoms with Gasteiger partial charge in [0.05, 0.1) is 17.1 Å². The van der Waals surface area contributed by atoms with Gasteiger partial charge in [-0.15, -0.1) is 0 Å². The molecule has 0 aliphatic carbocycles. The number of likely N-dealkylation sites (tertiary alicyclic amines) is 1. The maximum Gasteiger partial charge on any atom is 0.290 e. The third-order valence-electron chi connectivity index (χ3n) is 4.82. The molecule has 3 N–H and O–H groups in total. The Hall–Kier alpha value is -3.42. The summed E-state index contributed by atoms with van der Waals surface area (Å²) in [6.07, 6.45) is 2.49. The molecule has 0 radical (unpaired) electrons. The molecule has 1 saturated heterocycles. The highest BCUT2D eigenvalue weighted by Gasteiger charge is 2.31. The average molecular weight is 366 g/mol. The van der Waals surface area contributed by atoms with Gasteiger partial charge in [0.25, 0.3) is 11.8 Å². The average Bonchev–Trinajstić information content (AvgIpc) is 3.18. The van der Waals surface area contributed by atoms with Crippen LogP contribution in [0.5, 0.6) is 0 Å². The summed E-state index contributed by atoms with van der Waals surface area (Å²) < 4.78 is 5.69. The van der Waals surface area contributed by atoms with Crippen LogP contribution < -0.4 is 11.2 Å². The largest absolute Gasteiger partial charge is 0.451 e. The molecule has 0 bridgehead atoms. The van der Waals surface area contributed by atoms with Crippen molar-refractivity contribution >= 4 is 22.8 Å². The topological polar surface area (TPSA) is 122 Å². The minimum absolute atomic E-state index is 0.000222. The molecule has 4 rings (SSSR count). The van der Waals surface area contributed by atoms with Crippen LogP contribution in [0.4, 0.5) is 0 Å². The lowest BCUT2D eigenvalue weighted by atomic mass is 9.98. The monoisotopic (exact) mass is 366 g/mol. The summed E-state index contributed by atoms with van der Waals surface area (Å²) in [5.41, 5.74) is 6.14. The van der Waals surface area contributed by atoms with Crippen LogP contribution in [0.1, 0.15) is 52.0 Å². The van der Waals surface area contributed by atoms with Gasteiger partial charge in [0.1, 0.15) is 11.3 Å². The lowest BCUT2D eigenvalue weighted by Crippen LogP contribution is -2.39. The molecule has 3 heterocycles. The van der Waals surface area contributed by atoms with E-state index in [9.17, 15) is 14.4 Å². The van der Waals surface area contributed by atoms with Gasteiger partial charge in [-0.2, -0.15) is 5.10 Å². The molecule has 8 nitrogen and oxygen atoms in total. The maximum absolute atomic E-state index is 13.1. The number of amides is 2. The third kappa shape index (κ3) is 3.10. The predicted octanol–water partition coefficient (Wildman–Crippen LogP) is 1.98. The molecule has 2 amide bonds. The van der Waals surface area contributed by atoms with Crippen molar-refractivity contribution in [3.05, 3.63) is 63.8 Å². The van der Waals surface area contributed by atoms with Crippen molar-refractivity contribution in [1.29, 1.82) is 0 Å². The van der Waals surface area contributed by atoms with Crippen molar-refractivity contribution < 1.29 is 14.0 Å². The van der Waals surface area contributed by atoms with E-state index in [4.69, 9.17) is 10.2 Å². The number of hydrogen-bond acceptors (Lipinski definition) is 5. The highest BCUT2D eigenvalue weighted by Crippen LogP contribution is 2.31. The van der Waals surface area contributed by atoms with Gasteiger partial charge in [-0.3, -0.25) is 19.5 Å². The van der Waals surface area contributed by atoms with Crippen molar-refractivity contribution in [3.63, 3.8) is 0 Å². The molecule has 27 heavy (non-hydrogen) atoms. The number of nitrogens with zero attached hydrogens (tertiary/aromatic N) is 2. The Morgan fingerprint density at radius 1 is 1.22 bits per heavy atom. The summed E-state index contributed by atoms with van der Waals surface area (Å²) in [5, 5.41) is 7.13. The van der Waals surface area contributed by atoms with Crippen LogP contribution in [-0.4, -0.2) is 33.5 Å². The van der Waals surface area contributed by atoms with Crippen molar-refractivity contribution in [2.75, 3.05) is 6.54 Å². The van der Waals surface area contributed by atoms with Gasteiger partial charge >= 0.3 is 0 Å². The van der Waals surface area contributed by atoms with Crippen LogP contribution in [0, 0.1) is 0 Å². The van der Waals surface area contributed by atoms with Crippen molar-refractivity contribution in [1.82, 2.24) is 15.1 Å². The second kappa shape index (κ2) is 6.71. The zero-order chi connectivity index (χ0) is 19.0. The number of hydrogen-bond donors (Lipinski definition) is 2. The van der Waals surface area contributed by atoms with Gasteiger partial charge in [0.15, 0.2) is 11.2 Å². The lowest BCUT2D eigenvalue weighted by Gasteiger charge is -2.34. The minimum atomic E-state index is -0.633. The second-order valence-corrected chi connectivity index (χ2v) is 6.55. The highest BCUT2D eigenvalue weighted by atomic mass is 16.3. The molecule has 8 heteroatoms. The van der Waals surface area contributed by atoms with Gasteiger partial charge in [0, 0.05) is 12.6 Å². The second-order valence-electron chi connectivity index (χ2n) is 6.55. The van der Waals surface area contributed by atoms with Crippen LogP contribution in [0.25, 0.3) is 11.0 Å². The van der Waals surface area contributed by atoms with E-state index in [-0.39, 0.29) is 28.8 Å². The fraction of sp³-hybridized carbons (Fsp3) is 0.263. The van der Waals surface area contributed by atoms with Crippen molar-refractivity contribution in [2.24, 2.45) is 5.73 Å². The number of nitrogens with two attached hydrogens (primary N) is 1. The number of primary amides is 1. The molecule has 0 spiro atoms. The summed E-state index contributed by atoms with van der Waals surface area (Å²) in [6.45, 7) is 0.519. The quantitative estimate of drug-likeness (QED) is 0.734. The maximum atomic E-state index is 13.1. The molecule has 1 aromatic carbocycles. The standard InChI is InChI=1S/C19H18N4O4/c20-18(25)13-9-12(21-22-13)14-6-3-4-8-23(14)19(26)17-10-15(24)11-5-1-2-7-16(11)27-17/h1-2,5,7,9-10,14H,3-4,6,8H2,(H2,20,25)(H,21,22). The Morgan fingerprint density at radius 2 is 2.04 bits per heavy atom. The Balaban J connectivity index is 1.70. The first-order valence-corrected chi connectivity index (χ1v) is 8.73. The SMILES string of the molecule is NC(=O)c1cc(C2CCCCN2C(=O)c2cc(=O)c3ccccc3o2)[nH]n1. The molecule has 3 aromatic rings. The third-order valence-corrected chi connectivity index (χ3v) is 4.82. The number of H-pyrrole nitrogens is 1. The Kier molecular flexibility index (Phi) is 4.23. The van der Waals surface area contributed by atoms with E-state index in [0.29, 0.717) is 29.6 Å². The number of aromatic amines is 1. The summed E-state index contributed by atoms with van der Waals surface area (Å²) >= 11 is 0. The van der Waals surface area contributed by atoms with E-state index in [1.54, 1.807) is 35.2 Å². The molecule has 1 aliphatic heterocycles. The fourth-order valence-corrected chi connectivity index (χ4v) is 3.48. The van der Waals surface area contributed by atoms with E-state index in [1.165, 1.54) is 6.07 Å². The van der Waals surface area contributed by atoms with Crippen LogP contribution in [0.2, 0.25) is 0 Å². The number of carbonyl (C=O) groups is 2. The molecular weight excluding hydrogens is 348 g/mol. The van der Waals surface area contributed by atoms with Crippen LogP contribution in [-0.2, 0) is 0 Å². The van der Waals surface area contributed by atoms with Gasteiger partial charge in [-0.1, -0.05) is 12.1 Å². The Bertz CT molecular complexity index is 1080. The minimum Gasteiger partial charge on any atom is -0.451 e. The molecule has 0 saturated carbocycles. The van der Waals surface area contributed by atoms with E-state index in [0.717, 1.165) is 12.8 Å². The first-order valence-electron chi connectivity index (χ1n) is 8.73. The smallest absolute Gasteiger partial charge is 0.290 e. The van der Waals surface area contributed by atoms with Gasteiger partial charge in [-0.25, -0.2) is 0 Å². The zero-order valence-corrected chi connectivity index (χ0v) is 14.5. The summed E-state index contributed by atoms with van der Waals surface area (Å²) in [4.78, 5) is 38.4. The van der Waals surface area contributed by atoms with E-state index >= 15 is 0 Å². The molecular formula is C19H18N4O4. The van der Waals surface area contributed by atoms with Gasteiger partial charge in [-0.05, 0) is 37.5 Å². The highest BCUT2D eigenvalue weighted by molar-refractivity contribution is 5.94. The first-order chi connectivity index (χ1) is 13.0. The van der Waals surface area contributed by atoms with E-state index < -0.39 is 5.91 Å². The first kappa shape index (κ1) is 17.0. The number of nitrogens with one attached hydrogen (secondary N) is 1. The summed E-state index contributed by atoms with van der Waals surface area (Å²) in [5.74, 6) is -0.996. The molecule has 138 valence electrons. The number of aromatic nitrogens is 2. The van der Waals surface area contributed by atoms with E-state index in [2.05, 4.69) is 10.2 Å². The molecule has 1 atom stereocenters. The molecule has 1 fully saturated rings. The number of carbonyl (C=O) groups excluding carboxylic acids is 2. The number of piperidine rings is 1. The van der Waals surface area contributed by atoms with Gasteiger partial charge in [0.2, 0.25) is 0 Å². The number of benzene rings is 1. The molecule has 1 unspecified atom stereocenters. The van der Waals surface area contributed by atoms with E-state index in [1.807, 2.05) is 0 Å². The van der Waals surface area contributed by atoms with Crippen molar-refractivity contribution in [2.45, 2.75) is 25.3 Å². The molecule has 2 aromatic heterocycles. The zero-order valence-electron chi connectivity index (χ0n) is 14.5. The number of fused-ring (bicyclic) bond motifs is 1. The normalized spacial score (nSPS) is 17.2. The van der Waals surface area contributed by atoms with Crippen molar-refractivity contribution in [3.8, 4) is 0 Å². The predicted molar refractivity (Wildman–Crippen MR) is 97.2 cm³/mol.